The Morgan fingerprint density at radius 2 is 1.78 bits per heavy atom. The summed E-state index contributed by atoms with van der Waals surface area (Å²) in [6, 6.07) is 11.3. The summed E-state index contributed by atoms with van der Waals surface area (Å²) < 4.78 is 11.1. The van der Waals surface area contributed by atoms with E-state index in [1.54, 1.807) is 12.4 Å². The lowest BCUT2D eigenvalue weighted by Crippen LogP contribution is -2.53. The molecule has 0 spiro atoms. The highest BCUT2D eigenvalue weighted by atomic mass is 16.5. The van der Waals surface area contributed by atoms with E-state index in [9.17, 15) is 4.79 Å². The first-order chi connectivity index (χ1) is 13.1. The number of hydrogen-bond acceptors (Lipinski definition) is 6. The molecule has 0 unspecified atom stereocenters. The number of pyridine rings is 1. The van der Waals surface area contributed by atoms with Crippen molar-refractivity contribution in [3.63, 3.8) is 0 Å². The fourth-order valence-electron chi connectivity index (χ4n) is 2.91. The third-order valence-electron chi connectivity index (χ3n) is 4.44. The Bertz CT molecular complexity index is 935. The van der Waals surface area contributed by atoms with E-state index < -0.39 is 0 Å². The number of amides is 1. The third kappa shape index (κ3) is 3.46. The van der Waals surface area contributed by atoms with Crippen molar-refractivity contribution in [3.05, 3.63) is 48.8 Å². The van der Waals surface area contributed by atoms with Crippen molar-refractivity contribution >= 4 is 11.6 Å². The fraction of sp³-hybridized carbons (Fsp3) is 0.300. The number of ether oxygens (including phenoxy) is 1. The van der Waals surface area contributed by atoms with Gasteiger partial charge in [0, 0.05) is 35.1 Å². The summed E-state index contributed by atoms with van der Waals surface area (Å²) in [5.41, 5.74) is 2.38. The topological polar surface area (TPSA) is 81.4 Å². The number of carbonyl (C=O) groups is 1. The van der Waals surface area contributed by atoms with Gasteiger partial charge in [-0.15, -0.1) is 10.2 Å². The van der Waals surface area contributed by atoms with Gasteiger partial charge in [0.15, 0.2) is 0 Å². The van der Waals surface area contributed by atoms with Gasteiger partial charge in [0.1, 0.15) is 0 Å². The van der Waals surface area contributed by atoms with Crippen LogP contribution < -0.4 is 4.90 Å². The van der Waals surface area contributed by atoms with Crippen molar-refractivity contribution in [1.82, 2.24) is 15.2 Å². The Morgan fingerprint density at radius 1 is 1.07 bits per heavy atom. The zero-order chi connectivity index (χ0) is 18.8. The summed E-state index contributed by atoms with van der Waals surface area (Å²) >= 11 is 0. The van der Waals surface area contributed by atoms with E-state index in [0.29, 0.717) is 25.0 Å². The highest BCUT2D eigenvalue weighted by Gasteiger charge is 2.32. The molecule has 3 aromatic rings. The van der Waals surface area contributed by atoms with Gasteiger partial charge in [-0.25, -0.2) is 0 Å². The smallest absolute Gasteiger partial charge is 0.248 e. The zero-order valence-electron chi connectivity index (χ0n) is 15.2. The van der Waals surface area contributed by atoms with E-state index in [2.05, 4.69) is 15.2 Å². The molecule has 1 fully saturated rings. The van der Waals surface area contributed by atoms with E-state index in [0.717, 1.165) is 16.8 Å². The molecule has 0 radical (unpaired) electrons. The molecule has 0 N–H and O–H groups in total. The van der Waals surface area contributed by atoms with Crippen LogP contribution >= 0.6 is 0 Å². The van der Waals surface area contributed by atoms with E-state index >= 15 is 0 Å². The van der Waals surface area contributed by atoms with Crippen molar-refractivity contribution in [2.75, 3.05) is 18.1 Å². The lowest BCUT2D eigenvalue weighted by molar-refractivity contribution is -0.124. The third-order valence-corrected chi connectivity index (χ3v) is 4.44. The van der Waals surface area contributed by atoms with E-state index in [1.165, 1.54) is 0 Å². The van der Waals surface area contributed by atoms with Crippen LogP contribution in [0.1, 0.15) is 13.8 Å². The summed E-state index contributed by atoms with van der Waals surface area (Å²) in [6.45, 7) is 4.90. The molecule has 0 aliphatic carbocycles. The molecule has 138 valence electrons. The lowest BCUT2D eigenvalue weighted by Gasteiger charge is -2.38. The molecule has 0 saturated carbocycles. The number of hydrogen-bond donors (Lipinski definition) is 0. The second-order valence-corrected chi connectivity index (χ2v) is 6.75. The maximum atomic E-state index is 12.7. The highest BCUT2D eigenvalue weighted by Crippen LogP contribution is 2.29. The summed E-state index contributed by atoms with van der Waals surface area (Å²) in [5, 5.41) is 8.28. The number of carbonyl (C=O) groups excluding carboxylic acids is 1. The van der Waals surface area contributed by atoms with Gasteiger partial charge >= 0.3 is 0 Å². The first-order valence-corrected chi connectivity index (χ1v) is 8.88. The molecule has 1 aromatic carbocycles. The Kier molecular flexibility index (Phi) is 4.68. The van der Waals surface area contributed by atoms with Crippen molar-refractivity contribution in [2.45, 2.75) is 19.9 Å². The molecule has 0 bridgehead atoms. The lowest BCUT2D eigenvalue weighted by atomic mass is 10.1. The van der Waals surface area contributed by atoms with Crippen molar-refractivity contribution in [2.24, 2.45) is 5.92 Å². The van der Waals surface area contributed by atoms with Crippen LogP contribution in [0.25, 0.3) is 22.9 Å². The van der Waals surface area contributed by atoms with E-state index in [-0.39, 0.29) is 17.9 Å². The Labute approximate surface area is 157 Å². The molecule has 1 aliphatic heterocycles. The quantitative estimate of drug-likeness (QED) is 0.692. The van der Waals surface area contributed by atoms with Crippen molar-refractivity contribution < 1.29 is 13.9 Å². The van der Waals surface area contributed by atoms with Crippen LogP contribution in [0.4, 0.5) is 5.69 Å². The van der Waals surface area contributed by atoms with E-state index in [1.807, 2.05) is 55.1 Å². The highest BCUT2D eigenvalue weighted by molar-refractivity contribution is 5.96. The Morgan fingerprint density at radius 3 is 2.41 bits per heavy atom. The average molecular weight is 364 g/mol. The monoisotopic (exact) mass is 364 g/mol. The van der Waals surface area contributed by atoms with Gasteiger partial charge in [-0.05, 0) is 30.3 Å². The second kappa shape index (κ2) is 7.28. The molecule has 3 heterocycles. The molecule has 1 saturated heterocycles. The number of rotatable bonds is 5. The summed E-state index contributed by atoms with van der Waals surface area (Å²) in [7, 11) is 0. The number of anilines is 1. The van der Waals surface area contributed by atoms with Crippen LogP contribution in [0.2, 0.25) is 0 Å². The van der Waals surface area contributed by atoms with Crippen LogP contribution in [0, 0.1) is 5.92 Å². The molecule has 1 aliphatic rings. The van der Waals surface area contributed by atoms with E-state index in [4.69, 9.17) is 9.15 Å². The molecular formula is C20H20N4O3. The Balaban J connectivity index is 1.66. The second-order valence-electron chi connectivity index (χ2n) is 6.75. The van der Waals surface area contributed by atoms with Gasteiger partial charge in [0.25, 0.3) is 0 Å². The van der Waals surface area contributed by atoms with Crippen LogP contribution in [0.15, 0.2) is 53.2 Å². The molecule has 7 nitrogen and oxygen atoms in total. The minimum Gasteiger partial charge on any atom is -0.416 e. The summed E-state index contributed by atoms with van der Waals surface area (Å²) in [4.78, 5) is 18.5. The molecule has 1 amide bonds. The SMILES string of the molecule is CC(C)C(=O)N(c1cccc(-c2nnc(-c3ccncc3)o2)c1)C1COC1. The minimum absolute atomic E-state index is 0.0604. The predicted octanol–water partition coefficient (Wildman–Crippen LogP) is 3.19. The van der Waals surface area contributed by atoms with Crippen LogP contribution in [-0.4, -0.2) is 40.3 Å². The average Bonchev–Trinajstić information content (AvgIpc) is 3.15. The predicted molar refractivity (Wildman–Crippen MR) is 99.9 cm³/mol. The van der Waals surface area contributed by atoms with Gasteiger partial charge in [-0.1, -0.05) is 19.9 Å². The van der Waals surface area contributed by atoms with Crippen LogP contribution in [0.5, 0.6) is 0 Å². The first kappa shape index (κ1) is 17.4. The molecule has 7 heteroatoms. The maximum absolute atomic E-state index is 12.7. The van der Waals surface area contributed by atoms with Crippen molar-refractivity contribution in [1.29, 1.82) is 0 Å². The van der Waals surface area contributed by atoms with Crippen LogP contribution in [-0.2, 0) is 9.53 Å². The van der Waals surface area contributed by atoms with Gasteiger partial charge in [-0.3, -0.25) is 9.78 Å². The van der Waals surface area contributed by atoms with Crippen molar-refractivity contribution in [3.8, 4) is 22.9 Å². The molecule has 4 rings (SSSR count). The van der Waals surface area contributed by atoms with Gasteiger partial charge < -0.3 is 14.1 Å². The summed E-state index contributed by atoms with van der Waals surface area (Å²) in [6.07, 6.45) is 3.35. The maximum Gasteiger partial charge on any atom is 0.248 e. The zero-order valence-corrected chi connectivity index (χ0v) is 15.2. The number of aromatic nitrogens is 3. The van der Waals surface area contributed by atoms with Gasteiger partial charge in [-0.2, -0.15) is 0 Å². The number of nitrogens with zero attached hydrogens (tertiary/aromatic N) is 4. The normalized spacial score (nSPS) is 14.2. The Hall–Kier alpha value is -3.06. The molecule has 2 aromatic heterocycles. The van der Waals surface area contributed by atoms with Gasteiger partial charge in [0.2, 0.25) is 17.7 Å². The molecular weight excluding hydrogens is 344 g/mol. The largest absolute Gasteiger partial charge is 0.416 e. The van der Waals surface area contributed by atoms with Crippen LogP contribution in [0.3, 0.4) is 0 Å². The standard InChI is InChI=1S/C20H20N4O3/c1-13(2)20(25)24(17-11-26-12-17)16-5-3-4-15(10-16)19-23-22-18(27-19)14-6-8-21-9-7-14/h3-10,13,17H,11-12H2,1-2H3. The molecule has 27 heavy (non-hydrogen) atoms. The fourth-order valence-corrected chi connectivity index (χ4v) is 2.91. The number of benzene rings is 1. The van der Waals surface area contributed by atoms with Gasteiger partial charge in [0.05, 0.1) is 19.3 Å². The molecule has 0 atom stereocenters. The summed E-state index contributed by atoms with van der Waals surface area (Å²) in [5.74, 6) is 0.810. The first-order valence-electron chi connectivity index (χ1n) is 8.88. The minimum atomic E-state index is -0.101.